The van der Waals surface area contributed by atoms with Crippen LogP contribution in [0.1, 0.15) is 10.4 Å². The van der Waals surface area contributed by atoms with Crippen molar-refractivity contribution >= 4 is 11.6 Å². The molecule has 150 valence electrons. The minimum absolute atomic E-state index is 0.00514. The zero-order valence-electron chi connectivity index (χ0n) is 15.8. The molecule has 2 aromatic rings. The van der Waals surface area contributed by atoms with Crippen molar-refractivity contribution in [1.29, 1.82) is 0 Å². The van der Waals surface area contributed by atoms with Gasteiger partial charge in [-0.3, -0.25) is 14.9 Å². The van der Waals surface area contributed by atoms with E-state index in [9.17, 15) is 20.0 Å². The van der Waals surface area contributed by atoms with E-state index in [0.29, 0.717) is 11.5 Å². The molecule has 1 unspecified atom stereocenters. The number of carbonyl (C=O) groups is 1. The second kappa shape index (κ2) is 9.56. The van der Waals surface area contributed by atoms with E-state index < -0.39 is 16.9 Å². The summed E-state index contributed by atoms with van der Waals surface area (Å²) in [5, 5.41) is 21.2. The van der Waals surface area contributed by atoms with Crippen molar-refractivity contribution in [2.24, 2.45) is 0 Å². The lowest BCUT2D eigenvalue weighted by Crippen LogP contribution is -2.37. The lowest BCUT2D eigenvalue weighted by atomic mass is 10.1. The number of nitro groups is 1. The van der Waals surface area contributed by atoms with Gasteiger partial charge in [-0.2, -0.15) is 0 Å². The highest BCUT2D eigenvalue weighted by atomic mass is 16.6. The van der Waals surface area contributed by atoms with Crippen LogP contribution in [0.3, 0.4) is 0 Å². The van der Waals surface area contributed by atoms with Crippen molar-refractivity contribution in [2.75, 3.05) is 34.4 Å². The molecule has 0 fully saturated rings. The maximum atomic E-state index is 12.5. The number of aliphatic hydroxyl groups excluding tert-OH is 1. The molecule has 2 aromatic carbocycles. The number of likely N-dealkylation sites (N-methyl/N-ethyl adjacent to an activating group) is 1. The number of hydrogen-bond acceptors (Lipinski definition) is 7. The van der Waals surface area contributed by atoms with Crippen molar-refractivity contribution in [1.82, 2.24) is 4.90 Å². The minimum atomic E-state index is -0.940. The SMILES string of the molecule is COc1ccc(OCC(O)CN(C)C(=O)c2ccc(OC)c([N+](=O)[O-])c2)cc1. The van der Waals surface area contributed by atoms with Gasteiger partial charge in [0.1, 0.15) is 24.2 Å². The fourth-order valence-electron chi connectivity index (χ4n) is 2.50. The van der Waals surface area contributed by atoms with E-state index in [2.05, 4.69) is 0 Å². The maximum Gasteiger partial charge on any atom is 0.311 e. The van der Waals surface area contributed by atoms with E-state index in [1.54, 1.807) is 31.4 Å². The average Bonchev–Trinajstić information content (AvgIpc) is 2.71. The molecule has 0 saturated heterocycles. The molecule has 0 spiro atoms. The van der Waals surface area contributed by atoms with Gasteiger partial charge in [0.15, 0.2) is 5.75 Å². The van der Waals surface area contributed by atoms with Crippen molar-refractivity contribution in [3.8, 4) is 17.2 Å². The van der Waals surface area contributed by atoms with Crippen LogP contribution in [0.4, 0.5) is 5.69 Å². The van der Waals surface area contributed by atoms with E-state index in [4.69, 9.17) is 14.2 Å². The average molecular weight is 390 g/mol. The van der Waals surface area contributed by atoms with Gasteiger partial charge in [-0.1, -0.05) is 0 Å². The lowest BCUT2D eigenvalue weighted by Gasteiger charge is -2.21. The van der Waals surface area contributed by atoms with E-state index in [-0.39, 0.29) is 30.2 Å². The summed E-state index contributed by atoms with van der Waals surface area (Å²) in [6.45, 7) is -0.0263. The van der Waals surface area contributed by atoms with Crippen LogP contribution in [0.15, 0.2) is 42.5 Å². The predicted octanol–water partition coefficient (Wildman–Crippen LogP) is 2.12. The summed E-state index contributed by atoms with van der Waals surface area (Å²) in [5.74, 6) is 0.845. The number of rotatable bonds is 9. The molecule has 1 atom stereocenters. The molecule has 0 heterocycles. The Kier molecular flexibility index (Phi) is 7.16. The molecule has 0 aliphatic carbocycles. The van der Waals surface area contributed by atoms with E-state index in [1.807, 2.05) is 0 Å². The largest absolute Gasteiger partial charge is 0.497 e. The third-order valence-electron chi connectivity index (χ3n) is 3.96. The quantitative estimate of drug-likeness (QED) is 0.516. The van der Waals surface area contributed by atoms with Gasteiger partial charge in [-0.15, -0.1) is 0 Å². The Hall–Kier alpha value is -3.33. The molecule has 0 saturated carbocycles. The Morgan fingerprint density at radius 3 is 2.36 bits per heavy atom. The summed E-state index contributed by atoms with van der Waals surface area (Å²) in [6.07, 6.45) is -0.940. The third kappa shape index (κ3) is 5.34. The molecule has 0 bridgehead atoms. The Bertz CT molecular complexity index is 824. The van der Waals surface area contributed by atoms with Crippen molar-refractivity contribution in [3.05, 3.63) is 58.1 Å². The molecule has 0 radical (unpaired) electrons. The smallest absolute Gasteiger partial charge is 0.311 e. The fraction of sp³-hybridized carbons (Fsp3) is 0.316. The second-order valence-corrected chi connectivity index (χ2v) is 5.97. The number of carbonyl (C=O) groups excluding carboxylic acids is 1. The molecule has 28 heavy (non-hydrogen) atoms. The Morgan fingerprint density at radius 1 is 1.14 bits per heavy atom. The first-order chi connectivity index (χ1) is 13.3. The summed E-state index contributed by atoms with van der Waals surface area (Å²) >= 11 is 0. The molecule has 0 aliphatic heterocycles. The maximum absolute atomic E-state index is 12.5. The Morgan fingerprint density at radius 2 is 1.79 bits per heavy atom. The van der Waals surface area contributed by atoms with Crippen molar-refractivity contribution < 1.29 is 29.0 Å². The zero-order chi connectivity index (χ0) is 20.7. The first-order valence-corrected chi connectivity index (χ1v) is 8.38. The van der Waals surface area contributed by atoms with Crippen molar-refractivity contribution in [3.63, 3.8) is 0 Å². The molecule has 1 N–H and O–H groups in total. The summed E-state index contributed by atoms with van der Waals surface area (Å²) in [6, 6.07) is 10.8. The van der Waals surface area contributed by atoms with Crippen LogP contribution in [-0.2, 0) is 0 Å². The first kappa shape index (κ1) is 21.0. The third-order valence-corrected chi connectivity index (χ3v) is 3.96. The number of ether oxygens (including phenoxy) is 3. The molecular formula is C19H22N2O7. The number of amides is 1. The topological polar surface area (TPSA) is 111 Å². The molecule has 2 rings (SSSR count). The molecule has 0 aliphatic rings. The normalized spacial score (nSPS) is 11.4. The van der Waals surface area contributed by atoms with E-state index >= 15 is 0 Å². The van der Waals surface area contributed by atoms with Crippen LogP contribution >= 0.6 is 0 Å². The van der Waals surface area contributed by atoms with Gasteiger partial charge in [-0.25, -0.2) is 0 Å². The van der Waals surface area contributed by atoms with Gasteiger partial charge in [0.05, 0.1) is 19.1 Å². The molecule has 9 heteroatoms. The van der Waals surface area contributed by atoms with Gasteiger partial charge in [-0.05, 0) is 36.4 Å². The molecule has 0 aromatic heterocycles. The Balaban J connectivity index is 1.95. The number of hydrogen-bond donors (Lipinski definition) is 1. The minimum Gasteiger partial charge on any atom is -0.497 e. The summed E-state index contributed by atoms with van der Waals surface area (Å²) < 4.78 is 15.5. The van der Waals surface area contributed by atoms with Crippen molar-refractivity contribution in [2.45, 2.75) is 6.10 Å². The molecule has 1 amide bonds. The standard InChI is InChI=1S/C19H22N2O7/c1-20(11-14(22)12-28-16-7-5-15(26-2)6-8-16)19(23)13-4-9-18(27-3)17(10-13)21(24)25/h4-10,14,22H,11-12H2,1-3H3. The summed E-state index contributed by atoms with van der Waals surface area (Å²) in [5.41, 5.74) is -0.177. The highest BCUT2D eigenvalue weighted by molar-refractivity contribution is 5.95. The fourth-order valence-corrected chi connectivity index (χ4v) is 2.50. The highest BCUT2D eigenvalue weighted by Crippen LogP contribution is 2.28. The van der Waals surface area contributed by atoms with Crippen LogP contribution in [0.25, 0.3) is 0 Å². The molecule has 9 nitrogen and oxygen atoms in total. The van der Waals surface area contributed by atoms with E-state index in [1.165, 1.54) is 31.2 Å². The number of nitrogens with zero attached hydrogens (tertiary/aromatic N) is 2. The lowest BCUT2D eigenvalue weighted by molar-refractivity contribution is -0.385. The van der Waals surface area contributed by atoms with Gasteiger partial charge < -0.3 is 24.2 Å². The van der Waals surface area contributed by atoms with Gasteiger partial charge in [0.2, 0.25) is 0 Å². The van der Waals surface area contributed by atoms with Gasteiger partial charge in [0.25, 0.3) is 5.91 Å². The van der Waals surface area contributed by atoms with Gasteiger partial charge >= 0.3 is 5.69 Å². The van der Waals surface area contributed by atoms with Gasteiger partial charge in [0, 0.05) is 25.2 Å². The number of nitro benzene ring substituents is 1. The van der Waals surface area contributed by atoms with Crippen LogP contribution < -0.4 is 14.2 Å². The molecular weight excluding hydrogens is 368 g/mol. The van der Waals surface area contributed by atoms with Crippen LogP contribution in [0.2, 0.25) is 0 Å². The van der Waals surface area contributed by atoms with Crippen LogP contribution in [-0.4, -0.2) is 61.4 Å². The van der Waals surface area contributed by atoms with Crippen LogP contribution in [0, 0.1) is 10.1 Å². The van der Waals surface area contributed by atoms with Crippen LogP contribution in [0.5, 0.6) is 17.2 Å². The summed E-state index contributed by atoms with van der Waals surface area (Å²) in [4.78, 5) is 24.2. The number of methoxy groups -OCH3 is 2. The highest BCUT2D eigenvalue weighted by Gasteiger charge is 2.21. The summed E-state index contributed by atoms with van der Waals surface area (Å²) in [7, 11) is 4.37. The number of benzene rings is 2. The monoisotopic (exact) mass is 390 g/mol. The second-order valence-electron chi connectivity index (χ2n) is 5.97. The number of aliphatic hydroxyl groups is 1. The Labute approximate surface area is 162 Å². The predicted molar refractivity (Wildman–Crippen MR) is 101 cm³/mol. The van der Waals surface area contributed by atoms with E-state index in [0.717, 1.165) is 6.07 Å². The first-order valence-electron chi connectivity index (χ1n) is 8.38. The zero-order valence-corrected chi connectivity index (χ0v) is 15.8.